The van der Waals surface area contributed by atoms with Gasteiger partial charge in [-0.3, -0.25) is 0 Å². The van der Waals surface area contributed by atoms with Gasteiger partial charge < -0.3 is 15.2 Å². The van der Waals surface area contributed by atoms with Crippen molar-refractivity contribution in [3.05, 3.63) is 57.6 Å². The fourth-order valence-electron chi connectivity index (χ4n) is 2.07. The van der Waals surface area contributed by atoms with Crippen LogP contribution in [-0.2, 0) is 6.61 Å². The molecular weight excluding hydrogens is 362 g/mol. The molecule has 0 amide bonds. The molecule has 22 heavy (non-hydrogen) atoms. The Kier molecular flexibility index (Phi) is 5.80. The predicted octanol–water partition coefficient (Wildman–Crippen LogP) is 4.37. The molecule has 5 heteroatoms. The lowest BCUT2D eigenvalue weighted by Crippen LogP contribution is -2.10. The zero-order valence-electron chi connectivity index (χ0n) is 12.6. The molecule has 3 nitrogen and oxygen atoms in total. The average molecular weight is 380 g/mol. The number of hydrogen-bond donors (Lipinski definition) is 1. The highest BCUT2D eigenvalue weighted by atomic mass is 79.9. The van der Waals surface area contributed by atoms with Crippen molar-refractivity contribution in [1.82, 2.24) is 0 Å². The zero-order valence-corrected chi connectivity index (χ0v) is 15.0. The Morgan fingerprint density at radius 1 is 1.23 bits per heavy atom. The maximum Gasteiger partial charge on any atom is 0.175 e. The minimum atomic E-state index is 0.326. The van der Waals surface area contributed by atoms with Crippen LogP contribution in [0.5, 0.6) is 11.5 Å². The number of nitrogens with two attached hydrogens (primary N) is 1. The van der Waals surface area contributed by atoms with Gasteiger partial charge in [-0.05, 0) is 47.5 Å². The first-order valence-electron chi connectivity index (χ1n) is 6.95. The first-order chi connectivity index (χ1) is 10.5. The molecule has 0 saturated carbocycles. The third-order valence-electron chi connectivity index (χ3n) is 3.06. The largest absolute Gasteiger partial charge is 0.490 e. The van der Waals surface area contributed by atoms with Crippen LogP contribution in [0, 0.1) is 6.92 Å². The minimum Gasteiger partial charge on any atom is -0.490 e. The lowest BCUT2D eigenvalue weighted by Gasteiger charge is -2.15. The van der Waals surface area contributed by atoms with Crippen LogP contribution in [0.15, 0.2) is 40.9 Å². The molecule has 0 aliphatic rings. The van der Waals surface area contributed by atoms with Crippen LogP contribution in [-0.4, -0.2) is 11.6 Å². The van der Waals surface area contributed by atoms with Gasteiger partial charge in [0.1, 0.15) is 11.6 Å². The van der Waals surface area contributed by atoms with Crippen molar-refractivity contribution < 1.29 is 9.47 Å². The van der Waals surface area contributed by atoms with E-state index in [0.717, 1.165) is 15.6 Å². The Morgan fingerprint density at radius 2 is 2.00 bits per heavy atom. The first kappa shape index (κ1) is 16.8. The molecule has 0 aliphatic heterocycles. The van der Waals surface area contributed by atoms with Gasteiger partial charge in [0, 0.05) is 5.56 Å². The summed E-state index contributed by atoms with van der Waals surface area (Å²) < 4.78 is 12.4. The SMILES string of the molecule is CCOc1cc(C(N)=S)cc(Br)c1OCc1cccc(C)c1. The second-order valence-electron chi connectivity index (χ2n) is 4.86. The van der Waals surface area contributed by atoms with Crippen LogP contribution >= 0.6 is 28.1 Å². The van der Waals surface area contributed by atoms with Crippen LogP contribution in [0.4, 0.5) is 0 Å². The number of halogens is 1. The fraction of sp³-hybridized carbons (Fsp3) is 0.235. The van der Waals surface area contributed by atoms with Crippen LogP contribution < -0.4 is 15.2 Å². The van der Waals surface area contributed by atoms with Crippen LogP contribution in [0.25, 0.3) is 0 Å². The van der Waals surface area contributed by atoms with Gasteiger partial charge in [0.05, 0.1) is 11.1 Å². The van der Waals surface area contributed by atoms with Crippen molar-refractivity contribution in [2.45, 2.75) is 20.5 Å². The normalized spacial score (nSPS) is 10.3. The smallest absolute Gasteiger partial charge is 0.175 e. The van der Waals surface area contributed by atoms with Crippen molar-refractivity contribution in [2.24, 2.45) is 5.73 Å². The number of hydrogen-bond acceptors (Lipinski definition) is 3. The highest BCUT2D eigenvalue weighted by molar-refractivity contribution is 9.10. The van der Waals surface area contributed by atoms with Crippen LogP contribution in [0.2, 0.25) is 0 Å². The molecule has 0 aromatic heterocycles. The molecule has 0 heterocycles. The van der Waals surface area contributed by atoms with Crippen LogP contribution in [0.3, 0.4) is 0 Å². The molecule has 2 aromatic carbocycles. The van der Waals surface area contributed by atoms with E-state index in [1.165, 1.54) is 5.56 Å². The van der Waals surface area contributed by atoms with Gasteiger partial charge in [-0.1, -0.05) is 42.0 Å². The predicted molar refractivity (Wildman–Crippen MR) is 96.7 cm³/mol. The standard InChI is InChI=1S/C17H18BrNO2S/c1-3-20-15-9-13(17(19)22)8-14(18)16(15)21-10-12-6-4-5-11(2)7-12/h4-9H,3,10H2,1-2H3,(H2,19,22). The van der Waals surface area contributed by atoms with Crippen molar-refractivity contribution in [3.8, 4) is 11.5 Å². The number of aryl methyl sites for hydroxylation is 1. The Balaban J connectivity index is 2.27. The minimum absolute atomic E-state index is 0.326. The van der Waals surface area contributed by atoms with E-state index in [1.54, 1.807) is 0 Å². The summed E-state index contributed by atoms with van der Waals surface area (Å²) in [6, 6.07) is 11.9. The summed E-state index contributed by atoms with van der Waals surface area (Å²) in [5, 5.41) is 0. The summed E-state index contributed by atoms with van der Waals surface area (Å²) in [6.07, 6.45) is 0. The fourth-order valence-corrected chi connectivity index (χ4v) is 2.75. The molecule has 0 saturated heterocycles. The molecule has 0 bridgehead atoms. The van der Waals surface area contributed by atoms with E-state index < -0.39 is 0 Å². The quantitative estimate of drug-likeness (QED) is 0.756. The van der Waals surface area contributed by atoms with E-state index in [2.05, 4.69) is 35.0 Å². The Morgan fingerprint density at radius 3 is 2.64 bits per heavy atom. The summed E-state index contributed by atoms with van der Waals surface area (Å²) in [5.41, 5.74) is 8.74. The molecular formula is C17H18BrNO2S. The second-order valence-corrected chi connectivity index (χ2v) is 6.15. The van der Waals surface area contributed by atoms with Gasteiger partial charge in [0.2, 0.25) is 0 Å². The second kappa shape index (κ2) is 7.61. The summed E-state index contributed by atoms with van der Waals surface area (Å²) in [6.45, 7) is 4.98. The number of thiocarbonyl (C=S) groups is 1. The number of rotatable bonds is 6. The Hall–Kier alpha value is -1.59. The van der Waals surface area contributed by atoms with Crippen LogP contribution in [0.1, 0.15) is 23.6 Å². The van der Waals surface area contributed by atoms with Gasteiger partial charge in [0.15, 0.2) is 11.5 Å². The molecule has 0 radical (unpaired) electrons. The van der Waals surface area contributed by atoms with Crippen molar-refractivity contribution in [1.29, 1.82) is 0 Å². The van der Waals surface area contributed by atoms with Gasteiger partial charge in [0.25, 0.3) is 0 Å². The van der Waals surface area contributed by atoms with E-state index in [1.807, 2.05) is 31.2 Å². The molecule has 116 valence electrons. The van der Waals surface area contributed by atoms with Crippen molar-refractivity contribution in [3.63, 3.8) is 0 Å². The maximum absolute atomic E-state index is 5.94. The van der Waals surface area contributed by atoms with E-state index in [4.69, 9.17) is 27.4 Å². The molecule has 2 rings (SSSR count). The third-order valence-corrected chi connectivity index (χ3v) is 3.88. The molecule has 0 atom stereocenters. The lowest BCUT2D eigenvalue weighted by atomic mass is 10.1. The molecule has 0 aliphatic carbocycles. The maximum atomic E-state index is 5.94. The summed E-state index contributed by atoms with van der Waals surface area (Å²) >= 11 is 8.53. The van der Waals surface area contributed by atoms with Gasteiger partial charge in [-0.15, -0.1) is 0 Å². The number of benzene rings is 2. The Bertz CT molecular complexity index is 688. The highest BCUT2D eigenvalue weighted by Crippen LogP contribution is 2.37. The summed E-state index contributed by atoms with van der Waals surface area (Å²) in [5.74, 6) is 1.29. The third kappa shape index (κ3) is 4.21. The van der Waals surface area contributed by atoms with E-state index in [0.29, 0.717) is 29.7 Å². The average Bonchev–Trinajstić information content (AvgIpc) is 2.46. The lowest BCUT2D eigenvalue weighted by molar-refractivity contribution is 0.267. The van der Waals surface area contributed by atoms with E-state index >= 15 is 0 Å². The van der Waals surface area contributed by atoms with Crippen molar-refractivity contribution in [2.75, 3.05) is 6.61 Å². The molecule has 0 spiro atoms. The zero-order chi connectivity index (χ0) is 16.1. The molecule has 0 fully saturated rings. The molecule has 2 aromatic rings. The topological polar surface area (TPSA) is 44.5 Å². The van der Waals surface area contributed by atoms with Crippen molar-refractivity contribution >= 4 is 33.1 Å². The summed E-state index contributed by atoms with van der Waals surface area (Å²) in [4.78, 5) is 0.326. The van der Waals surface area contributed by atoms with Gasteiger partial charge >= 0.3 is 0 Å². The van der Waals surface area contributed by atoms with Gasteiger partial charge in [-0.25, -0.2) is 0 Å². The van der Waals surface area contributed by atoms with Gasteiger partial charge in [-0.2, -0.15) is 0 Å². The Labute approximate surface area is 144 Å². The highest BCUT2D eigenvalue weighted by Gasteiger charge is 2.13. The molecule has 2 N–H and O–H groups in total. The first-order valence-corrected chi connectivity index (χ1v) is 8.16. The van der Waals surface area contributed by atoms with E-state index in [-0.39, 0.29) is 0 Å². The summed E-state index contributed by atoms with van der Waals surface area (Å²) in [7, 11) is 0. The number of ether oxygens (including phenoxy) is 2. The van der Waals surface area contributed by atoms with E-state index in [9.17, 15) is 0 Å². The monoisotopic (exact) mass is 379 g/mol. The molecule has 0 unspecified atom stereocenters.